The van der Waals surface area contributed by atoms with E-state index in [2.05, 4.69) is 179 Å². The number of anilines is 3. The molecular weight excluding hydrogens is 789 g/mol. The average Bonchev–Trinajstić information content (AvgIpc) is 3.78. The van der Waals surface area contributed by atoms with E-state index < -0.39 is 9.84 Å². The highest BCUT2D eigenvalue weighted by Crippen LogP contribution is 2.67. The Morgan fingerprint density at radius 1 is 0.476 bits per heavy atom. The standard InChI is InChI=1S/C58H46N2O2S/c61-63(62)56-21-11-7-17-51(56)58(37-43-33-38-32-42(43)35-44(58)34-38)52-36-47(30-31-57(52)63)59(45-26-22-40(23-27-45)39-12-2-1-3-13-39)46-28-24-41(25-29-46)48-14-4-8-18-53(48)60-54-19-9-5-15-49(54)50-16-6-10-20-55(50)60/h1-31,36,38,42-44H,32-35,37H2/t38-,42-,43?,44?,58?/m1/s1. The predicted molar refractivity (Wildman–Crippen MR) is 256 cm³/mol. The summed E-state index contributed by atoms with van der Waals surface area (Å²) >= 11 is 0. The molecule has 1 aromatic heterocycles. The van der Waals surface area contributed by atoms with Crippen molar-refractivity contribution in [1.29, 1.82) is 0 Å². The average molecular weight is 835 g/mol. The summed E-state index contributed by atoms with van der Waals surface area (Å²) in [5, 5.41) is 2.48. The van der Waals surface area contributed by atoms with E-state index in [0.717, 1.165) is 68.8 Å². The summed E-state index contributed by atoms with van der Waals surface area (Å²) in [7, 11) is -3.72. The van der Waals surface area contributed by atoms with E-state index in [9.17, 15) is 8.42 Å². The van der Waals surface area contributed by atoms with Crippen molar-refractivity contribution in [3.05, 3.63) is 205 Å². The zero-order chi connectivity index (χ0) is 41.9. The van der Waals surface area contributed by atoms with Crippen LogP contribution in [-0.2, 0) is 15.3 Å². The maximum atomic E-state index is 14.7. The van der Waals surface area contributed by atoms with E-state index in [1.54, 1.807) is 0 Å². The van der Waals surface area contributed by atoms with E-state index in [4.69, 9.17) is 0 Å². The lowest BCUT2D eigenvalue weighted by molar-refractivity contribution is 0.0985. The van der Waals surface area contributed by atoms with Gasteiger partial charge in [0.05, 0.1) is 26.5 Å². The molecule has 3 fully saturated rings. The highest BCUT2D eigenvalue weighted by molar-refractivity contribution is 7.91. The molecule has 5 atom stereocenters. The van der Waals surface area contributed by atoms with E-state index in [1.807, 2.05) is 24.3 Å². The highest BCUT2D eigenvalue weighted by atomic mass is 32.2. The van der Waals surface area contributed by atoms with Gasteiger partial charge in [-0.1, -0.05) is 127 Å². The number of hydrogen-bond donors (Lipinski definition) is 0. The molecule has 0 amide bonds. The van der Waals surface area contributed by atoms with Gasteiger partial charge in [-0.25, -0.2) is 8.42 Å². The molecular formula is C58H46N2O2S. The normalized spacial score (nSPS) is 22.6. The first-order valence-corrected chi connectivity index (χ1v) is 24.1. The number of nitrogens with zero attached hydrogens (tertiary/aromatic N) is 2. The molecule has 306 valence electrons. The van der Waals surface area contributed by atoms with Crippen LogP contribution >= 0.6 is 0 Å². The van der Waals surface area contributed by atoms with Crippen molar-refractivity contribution in [2.24, 2.45) is 23.7 Å². The van der Waals surface area contributed by atoms with Gasteiger partial charge in [0, 0.05) is 38.8 Å². The zero-order valence-electron chi connectivity index (χ0n) is 34.9. The second-order valence-corrected chi connectivity index (χ2v) is 20.5. The third-order valence-corrected chi connectivity index (χ3v) is 17.3. The summed E-state index contributed by atoms with van der Waals surface area (Å²) in [4.78, 5) is 3.32. The maximum absolute atomic E-state index is 14.7. The molecule has 3 unspecified atom stereocenters. The number of benzene rings is 8. The van der Waals surface area contributed by atoms with Gasteiger partial charge < -0.3 is 9.47 Å². The number of hydrogen-bond acceptors (Lipinski definition) is 3. The Balaban J connectivity index is 0.973. The Labute approximate surface area is 369 Å². The summed E-state index contributed by atoms with van der Waals surface area (Å²) in [5.41, 5.74) is 12.8. The smallest absolute Gasteiger partial charge is 0.207 e. The summed E-state index contributed by atoms with van der Waals surface area (Å²) in [5.74, 6) is 2.54. The SMILES string of the molecule is O=S1(=O)c2ccccc2C2(CC3C[C@@H]4CC2C[C@H]3C4)c2cc(N(c3ccc(-c4ccccc4)cc3)c3ccc(-c4ccccc4-n4c5ccccc5c5ccccc54)cc3)ccc21. The minimum atomic E-state index is -3.72. The van der Waals surface area contributed by atoms with Crippen LogP contribution in [0, 0.1) is 23.7 Å². The van der Waals surface area contributed by atoms with Crippen molar-refractivity contribution in [3.63, 3.8) is 0 Å². The van der Waals surface area contributed by atoms with Crippen LogP contribution in [0.1, 0.15) is 43.2 Å². The van der Waals surface area contributed by atoms with Gasteiger partial charge >= 0.3 is 0 Å². The van der Waals surface area contributed by atoms with Gasteiger partial charge in [-0.05, 0) is 150 Å². The first kappa shape index (κ1) is 36.9. The largest absolute Gasteiger partial charge is 0.310 e. The second kappa shape index (κ2) is 13.9. The van der Waals surface area contributed by atoms with Gasteiger partial charge in [0.25, 0.3) is 0 Å². The summed E-state index contributed by atoms with van der Waals surface area (Å²) in [6, 6.07) is 68.5. The van der Waals surface area contributed by atoms with Crippen LogP contribution in [0.3, 0.4) is 0 Å². The number of fused-ring (bicyclic) bond motifs is 10. The molecule has 13 rings (SSSR count). The Kier molecular flexibility index (Phi) is 8.15. The molecule has 63 heavy (non-hydrogen) atoms. The van der Waals surface area contributed by atoms with Crippen LogP contribution in [-0.4, -0.2) is 13.0 Å². The van der Waals surface area contributed by atoms with Gasteiger partial charge in [0.2, 0.25) is 9.84 Å². The van der Waals surface area contributed by atoms with Gasteiger partial charge in [-0.15, -0.1) is 0 Å². The van der Waals surface area contributed by atoms with Crippen molar-refractivity contribution in [2.75, 3.05) is 4.90 Å². The van der Waals surface area contributed by atoms with Gasteiger partial charge in [-0.3, -0.25) is 0 Å². The lowest BCUT2D eigenvalue weighted by Gasteiger charge is -2.53. The van der Waals surface area contributed by atoms with Crippen LogP contribution < -0.4 is 4.90 Å². The van der Waals surface area contributed by atoms with Crippen molar-refractivity contribution in [3.8, 4) is 27.9 Å². The molecule has 0 saturated heterocycles. The molecule has 3 saturated carbocycles. The fourth-order valence-corrected chi connectivity index (χ4v) is 14.7. The lowest BCUT2D eigenvalue weighted by Crippen LogP contribution is -2.48. The van der Waals surface area contributed by atoms with E-state index in [-0.39, 0.29) is 5.41 Å². The molecule has 8 aromatic carbocycles. The number of rotatable bonds is 6. The Morgan fingerprint density at radius 3 is 1.79 bits per heavy atom. The monoisotopic (exact) mass is 834 g/mol. The molecule has 4 aliphatic rings. The molecule has 9 aromatic rings. The van der Waals surface area contributed by atoms with Crippen LogP contribution in [0.15, 0.2) is 204 Å². The molecule has 1 aliphatic heterocycles. The molecule has 3 aliphatic carbocycles. The van der Waals surface area contributed by atoms with E-state index in [0.29, 0.717) is 21.6 Å². The maximum Gasteiger partial charge on any atom is 0.207 e. The molecule has 4 nitrogen and oxygen atoms in total. The number of sulfone groups is 1. The van der Waals surface area contributed by atoms with Gasteiger partial charge in [0.15, 0.2) is 0 Å². The third kappa shape index (κ3) is 5.48. The second-order valence-electron chi connectivity index (χ2n) is 18.6. The van der Waals surface area contributed by atoms with Crippen molar-refractivity contribution in [1.82, 2.24) is 4.57 Å². The molecule has 0 N–H and O–H groups in total. The van der Waals surface area contributed by atoms with Gasteiger partial charge in [-0.2, -0.15) is 0 Å². The highest BCUT2D eigenvalue weighted by Gasteiger charge is 2.60. The number of aromatic nitrogens is 1. The van der Waals surface area contributed by atoms with Crippen molar-refractivity contribution >= 4 is 48.7 Å². The first-order valence-electron chi connectivity index (χ1n) is 22.6. The summed E-state index contributed by atoms with van der Waals surface area (Å²) in [6.45, 7) is 0. The topological polar surface area (TPSA) is 42.3 Å². The molecule has 2 heterocycles. The minimum absolute atomic E-state index is 0.340. The zero-order valence-corrected chi connectivity index (χ0v) is 35.8. The van der Waals surface area contributed by atoms with E-state index in [1.165, 1.54) is 53.1 Å². The first-order chi connectivity index (χ1) is 31.0. The molecule has 3 bridgehead atoms. The summed E-state index contributed by atoms with van der Waals surface area (Å²) < 4.78 is 31.8. The fraction of sp³-hybridized carbons (Fsp3) is 0.172. The molecule has 0 radical (unpaired) electrons. The molecule has 5 heteroatoms. The fourth-order valence-electron chi connectivity index (χ4n) is 12.9. The van der Waals surface area contributed by atoms with Crippen LogP contribution in [0.25, 0.3) is 49.7 Å². The summed E-state index contributed by atoms with van der Waals surface area (Å²) in [6.07, 6.45) is 6.00. The quantitative estimate of drug-likeness (QED) is 0.168. The van der Waals surface area contributed by atoms with E-state index >= 15 is 0 Å². The van der Waals surface area contributed by atoms with Gasteiger partial charge in [0.1, 0.15) is 0 Å². The Hall–Kier alpha value is -6.69. The Bertz CT molecular complexity index is 3320. The minimum Gasteiger partial charge on any atom is -0.310 e. The van der Waals surface area contributed by atoms with Crippen LogP contribution in [0.4, 0.5) is 17.1 Å². The van der Waals surface area contributed by atoms with Crippen LogP contribution in [0.5, 0.6) is 0 Å². The number of para-hydroxylation sites is 3. The van der Waals surface area contributed by atoms with Crippen molar-refractivity contribution in [2.45, 2.75) is 47.3 Å². The van der Waals surface area contributed by atoms with Crippen molar-refractivity contribution < 1.29 is 8.42 Å². The van der Waals surface area contributed by atoms with Crippen LogP contribution in [0.2, 0.25) is 0 Å². The lowest BCUT2D eigenvalue weighted by atomic mass is 9.53. The Morgan fingerprint density at radius 2 is 1.05 bits per heavy atom. The third-order valence-electron chi connectivity index (χ3n) is 15.5. The predicted octanol–water partition coefficient (Wildman–Crippen LogP) is 14.5. The molecule has 1 spiro atoms.